The van der Waals surface area contributed by atoms with Gasteiger partial charge in [-0.15, -0.1) is 11.3 Å². The summed E-state index contributed by atoms with van der Waals surface area (Å²) < 4.78 is 7.69. The zero-order valence-corrected chi connectivity index (χ0v) is 24.9. The molecule has 4 rings (SSSR count). The van der Waals surface area contributed by atoms with Crippen molar-refractivity contribution in [3.8, 4) is 16.3 Å². The summed E-state index contributed by atoms with van der Waals surface area (Å²) in [6.07, 6.45) is 5.51. The number of aromatic nitrogens is 3. The van der Waals surface area contributed by atoms with Crippen molar-refractivity contribution in [3.63, 3.8) is 0 Å². The van der Waals surface area contributed by atoms with Gasteiger partial charge in [-0.3, -0.25) is 4.79 Å². The lowest BCUT2D eigenvalue weighted by molar-refractivity contribution is -0.132. The number of rotatable bonds is 6. The summed E-state index contributed by atoms with van der Waals surface area (Å²) >= 11 is 1.77. The molecular formula is C30H42N4O3S. The predicted octanol–water partition coefficient (Wildman–Crippen LogP) is 5.82. The molecule has 0 radical (unpaired) electrons. The summed E-state index contributed by atoms with van der Waals surface area (Å²) in [4.78, 5) is 25.2. The Bertz CT molecular complexity index is 1250. The summed E-state index contributed by atoms with van der Waals surface area (Å²) in [5, 5.41) is 10.6. The Morgan fingerprint density at radius 1 is 1.08 bits per heavy atom. The summed E-state index contributed by atoms with van der Waals surface area (Å²) in [5.74, 6) is 1.44. The summed E-state index contributed by atoms with van der Waals surface area (Å²) in [6.45, 7) is 16.8. The van der Waals surface area contributed by atoms with Gasteiger partial charge in [0.2, 0.25) is 5.91 Å². The number of nitrogens with zero attached hydrogens (tertiary/aromatic N) is 4. The van der Waals surface area contributed by atoms with E-state index in [0.29, 0.717) is 11.6 Å². The summed E-state index contributed by atoms with van der Waals surface area (Å²) in [6, 6.07) is 4.49. The van der Waals surface area contributed by atoms with Crippen molar-refractivity contribution < 1.29 is 14.6 Å². The Balaban J connectivity index is 1.50. The number of imidazole rings is 1. The van der Waals surface area contributed by atoms with Crippen molar-refractivity contribution in [2.75, 3.05) is 20.2 Å². The van der Waals surface area contributed by atoms with Crippen molar-refractivity contribution >= 4 is 17.2 Å². The lowest BCUT2D eigenvalue weighted by Gasteiger charge is -2.31. The van der Waals surface area contributed by atoms with Gasteiger partial charge >= 0.3 is 0 Å². The van der Waals surface area contributed by atoms with Gasteiger partial charge in [0.1, 0.15) is 17.3 Å². The maximum atomic E-state index is 12.9. The number of likely N-dealkylation sites (tertiary alicyclic amines) is 1. The Labute approximate surface area is 230 Å². The van der Waals surface area contributed by atoms with Gasteiger partial charge in [-0.1, -0.05) is 41.5 Å². The van der Waals surface area contributed by atoms with E-state index in [1.807, 2.05) is 18.0 Å². The zero-order chi connectivity index (χ0) is 27.8. The molecule has 0 atom stereocenters. The van der Waals surface area contributed by atoms with Gasteiger partial charge in [0.05, 0.1) is 31.4 Å². The lowest BCUT2D eigenvalue weighted by Crippen LogP contribution is -2.39. The molecule has 7 nitrogen and oxygen atoms in total. The van der Waals surface area contributed by atoms with E-state index in [2.05, 4.69) is 58.7 Å². The van der Waals surface area contributed by atoms with Crippen molar-refractivity contribution in [1.29, 1.82) is 0 Å². The number of carbonyl (C=O) groups is 1. The number of ether oxygens (including phenoxy) is 1. The van der Waals surface area contributed by atoms with Crippen LogP contribution in [-0.4, -0.2) is 50.6 Å². The fraction of sp³-hybridized carbons (Fsp3) is 0.567. The maximum Gasteiger partial charge on any atom is 0.242 e. The molecule has 0 aliphatic carbocycles. The van der Waals surface area contributed by atoms with E-state index >= 15 is 0 Å². The van der Waals surface area contributed by atoms with Crippen molar-refractivity contribution in [1.82, 2.24) is 19.4 Å². The summed E-state index contributed by atoms with van der Waals surface area (Å²) in [7, 11) is 1.76. The second-order valence-electron chi connectivity index (χ2n) is 12.4. The van der Waals surface area contributed by atoms with Crippen LogP contribution in [0.3, 0.4) is 0 Å². The van der Waals surface area contributed by atoms with Crippen LogP contribution in [0.4, 0.5) is 0 Å². The quantitative estimate of drug-likeness (QED) is 0.428. The first-order valence-electron chi connectivity index (χ1n) is 13.4. The van der Waals surface area contributed by atoms with Gasteiger partial charge in [0, 0.05) is 40.9 Å². The van der Waals surface area contributed by atoms with Crippen LogP contribution >= 0.6 is 11.3 Å². The topological polar surface area (TPSA) is 80.5 Å². The van der Waals surface area contributed by atoms with E-state index in [1.165, 1.54) is 16.0 Å². The molecule has 1 amide bonds. The third kappa shape index (κ3) is 5.81. The molecular weight excluding hydrogens is 496 g/mol. The third-order valence-corrected chi connectivity index (χ3v) is 8.75. The molecule has 1 aromatic carbocycles. The van der Waals surface area contributed by atoms with Crippen LogP contribution < -0.4 is 4.74 Å². The van der Waals surface area contributed by atoms with Crippen LogP contribution in [0.2, 0.25) is 0 Å². The van der Waals surface area contributed by atoms with Crippen LogP contribution in [0, 0.1) is 6.92 Å². The summed E-state index contributed by atoms with van der Waals surface area (Å²) in [5.41, 5.74) is 4.88. The van der Waals surface area contributed by atoms with E-state index in [4.69, 9.17) is 9.72 Å². The number of piperidine rings is 1. The minimum atomic E-state index is -0.114. The van der Waals surface area contributed by atoms with Gasteiger partial charge < -0.3 is 19.3 Å². The molecule has 1 aliphatic rings. The minimum absolute atomic E-state index is 0.0613. The first-order chi connectivity index (χ1) is 17.8. The number of benzene rings is 1. The Kier molecular flexibility index (Phi) is 8.05. The lowest BCUT2D eigenvalue weighted by atomic mass is 9.78. The van der Waals surface area contributed by atoms with Gasteiger partial charge in [-0.2, -0.15) is 0 Å². The zero-order valence-electron chi connectivity index (χ0n) is 24.1. The fourth-order valence-corrected chi connectivity index (χ4v) is 6.28. The number of thiazole rings is 1. The van der Waals surface area contributed by atoms with Crippen LogP contribution in [0.5, 0.6) is 5.75 Å². The molecule has 2 aromatic heterocycles. The molecule has 3 heterocycles. The van der Waals surface area contributed by atoms with E-state index in [1.54, 1.807) is 29.3 Å². The number of amides is 1. The smallest absolute Gasteiger partial charge is 0.242 e. The molecule has 0 spiro atoms. The third-order valence-electron chi connectivity index (χ3n) is 7.54. The number of hydrogen-bond acceptors (Lipinski definition) is 6. The van der Waals surface area contributed by atoms with Crippen LogP contribution in [0.15, 0.2) is 24.7 Å². The van der Waals surface area contributed by atoms with Crippen molar-refractivity contribution in [3.05, 3.63) is 52.0 Å². The standard InChI is InChI=1S/C30H42N4O3S/c1-19-24(17-35)34(18-32-19)16-26(36)33-11-9-20(10-12-33)25-15-31-28(38-25)21-13-22(29(2,3)4)27(37-8)23(14-21)30(5,6)7/h13-15,18,20,35H,9-12,16-17H2,1-8H3. The number of aryl methyl sites for hydroxylation is 1. The first kappa shape index (κ1) is 28.3. The number of carbonyl (C=O) groups excluding carboxylic acids is 1. The molecule has 8 heteroatoms. The molecule has 3 aromatic rings. The highest BCUT2D eigenvalue weighted by atomic mass is 32.1. The van der Waals surface area contributed by atoms with Crippen LogP contribution in [0.25, 0.3) is 10.6 Å². The molecule has 38 heavy (non-hydrogen) atoms. The predicted molar refractivity (Wildman–Crippen MR) is 153 cm³/mol. The normalized spacial score (nSPS) is 15.2. The monoisotopic (exact) mass is 538 g/mol. The molecule has 1 fully saturated rings. The van der Waals surface area contributed by atoms with Crippen molar-refractivity contribution in [2.45, 2.75) is 91.2 Å². The van der Waals surface area contributed by atoms with E-state index < -0.39 is 0 Å². The van der Waals surface area contributed by atoms with Gasteiger partial charge in [0.15, 0.2) is 0 Å². The number of methoxy groups -OCH3 is 1. The Morgan fingerprint density at radius 2 is 1.68 bits per heavy atom. The maximum absolute atomic E-state index is 12.9. The molecule has 0 bridgehead atoms. The highest BCUT2D eigenvalue weighted by Crippen LogP contribution is 2.44. The molecule has 206 valence electrons. The van der Waals surface area contributed by atoms with E-state index in [9.17, 15) is 9.90 Å². The van der Waals surface area contributed by atoms with Gasteiger partial charge in [-0.25, -0.2) is 9.97 Å². The fourth-order valence-electron chi connectivity index (χ4n) is 5.20. The SMILES string of the molecule is COc1c(C(C)(C)C)cc(-c2ncc(C3CCN(C(=O)Cn4cnc(C)c4CO)CC3)s2)cc1C(C)(C)C. The van der Waals surface area contributed by atoms with E-state index in [0.717, 1.165) is 47.9 Å². The van der Waals surface area contributed by atoms with Crippen LogP contribution in [-0.2, 0) is 28.8 Å². The van der Waals surface area contributed by atoms with E-state index in [-0.39, 0.29) is 29.9 Å². The number of hydrogen-bond donors (Lipinski definition) is 1. The van der Waals surface area contributed by atoms with Gasteiger partial charge in [-0.05, 0) is 48.6 Å². The Morgan fingerprint density at radius 3 is 2.21 bits per heavy atom. The van der Waals surface area contributed by atoms with Crippen molar-refractivity contribution in [2.24, 2.45) is 0 Å². The highest BCUT2D eigenvalue weighted by Gasteiger charge is 2.29. The largest absolute Gasteiger partial charge is 0.496 e. The second-order valence-corrected chi connectivity index (χ2v) is 13.5. The molecule has 0 saturated carbocycles. The first-order valence-corrected chi connectivity index (χ1v) is 14.2. The average molecular weight is 539 g/mol. The molecule has 0 unspecified atom stereocenters. The molecule has 1 N–H and O–H groups in total. The molecule has 1 aliphatic heterocycles. The molecule has 1 saturated heterocycles. The minimum Gasteiger partial charge on any atom is -0.496 e. The number of aliphatic hydroxyl groups is 1. The second kappa shape index (κ2) is 10.8. The highest BCUT2D eigenvalue weighted by molar-refractivity contribution is 7.15. The van der Waals surface area contributed by atoms with Crippen LogP contribution in [0.1, 0.15) is 87.7 Å². The Hall–Kier alpha value is -2.71. The average Bonchev–Trinajstić information content (AvgIpc) is 3.49. The van der Waals surface area contributed by atoms with Gasteiger partial charge in [0.25, 0.3) is 0 Å². The number of aliphatic hydroxyl groups excluding tert-OH is 1.